The summed E-state index contributed by atoms with van der Waals surface area (Å²) in [6.45, 7) is 0.432. The van der Waals surface area contributed by atoms with E-state index in [1.54, 1.807) is 0 Å². The van der Waals surface area contributed by atoms with Crippen molar-refractivity contribution < 1.29 is 23.5 Å². The monoisotopic (exact) mass is 432 g/mol. The number of fused-ring (bicyclic) bond motifs is 1. The molecule has 4 atom stereocenters. The van der Waals surface area contributed by atoms with Crippen LogP contribution in [0.25, 0.3) is 0 Å². The van der Waals surface area contributed by atoms with E-state index in [-0.39, 0.29) is 17.3 Å². The molecule has 4 aliphatic rings. The number of hydrogen-bond acceptors (Lipinski definition) is 3. The largest absolute Gasteiger partial charge is 0.393 e. The lowest BCUT2D eigenvalue weighted by Crippen LogP contribution is -2.33. The molecule has 3 N–H and O–H groups in total. The first-order valence-electron chi connectivity index (χ1n) is 14.9. The van der Waals surface area contributed by atoms with Gasteiger partial charge in [0.05, 0.1) is 17.8 Å². The van der Waals surface area contributed by atoms with E-state index in [2.05, 4.69) is 25.7 Å². The van der Waals surface area contributed by atoms with E-state index in [4.69, 9.17) is 8.22 Å². The fourth-order valence-electron chi connectivity index (χ4n) is 6.59. The molecule has 0 amide bonds. The Kier molecular flexibility index (Phi) is 4.41. The van der Waals surface area contributed by atoms with Crippen molar-refractivity contribution >= 4 is 0 Å². The Morgan fingerprint density at radius 3 is 2.74 bits per heavy atom. The van der Waals surface area contributed by atoms with Crippen LogP contribution in [0.5, 0.6) is 0 Å². The first-order valence-corrected chi connectivity index (χ1v) is 11.9. The molecule has 0 aromatic carbocycles. The molecular formula is C28H42O3. The molecule has 3 nitrogen and oxygen atoms in total. The highest BCUT2D eigenvalue weighted by atomic mass is 16.3. The molecule has 0 bridgehead atoms. The zero-order valence-corrected chi connectivity index (χ0v) is 18.8. The second-order valence-corrected chi connectivity index (χ2v) is 10.7. The standard InChI is InChI=1S/C28H42O3/c1-19-21(17-22(29)18-24(19)30)9-8-20-7-5-13-27(4)23(20)10-11-25(27)28(15-16-28)14-6-12-26(2,3)31/h8-9,11,22-24,29-31H,1,5-7,10,12-18H2,2-4H3/t22?,23?,24-,27-/m0/s1/i2D3,3D3. The molecule has 0 saturated heterocycles. The summed E-state index contributed by atoms with van der Waals surface area (Å²) in [5, 5.41) is 30.9. The van der Waals surface area contributed by atoms with Crippen LogP contribution in [0.1, 0.15) is 99.5 Å². The van der Waals surface area contributed by atoms with Gasteiger partial charge in [-0.15, -0.1) is 0 Å². The smallest absolute Gasteiger partial charge is 0.0811 e. The normalized spacial score (nSPS) is 41.5. The van der Waals surface area contributed by atoms with Gasteiger partial charge < -0.3 is 15.3 Å². The van der Waals surface area contributed by atoms with Crippen LogP contribution in [0, 0.1) is 16.7 Å². The topological polar surface area (TPSA) is 60.7 Å². The number of aliphatic hydroxyl groups is 3. The van der Waals surface area contributed by atoms with Gasteiger partial charge in [-0.3, -0.25) is 0 Å². The first-order chi connectivity index (χ1) is 17.0. The fourth-order valence-corrected chi connectivity index (χ4v) is 6.59. The molecule has 0 aliphatic heterocycles. The molecule has 0 aromatic heterocycles. The molecule has 3 fully saturated rings. The predicted octanol–water partition coefficient (Wildman–Crippen LogP) is 5.77. The number of rotatable bonds is 6. The van der Waals surface area contributed by atoms with Crippen LogP contribution in [0.2, 0.25) is 0 Å². The van der Waals surface area contributed by atoms with Crippen molar-refractivity contribution in [3.63, 3.8) is 0 Å². The van der Waals surface area contributed by atoms with Gasteiger partial charge in [-0.05, 0) is 106 Å². The molecular weight excluding hydrogens is 384 g/mol. The van der Waals surface area contributed by atoms with E-state index in [0.29, 0.717) is 37.2 Å². The highest BCUT2D eigenvalue weighted by Gasteiger charge is 2.56. The Morgan fingerprint density at radius 2 is 2.03 bits per heavy atom. The highest BCUT2D eigenvalue weighted by Crippen LogP contribution is 2.67. The van der Waals surface area contributed by atoms with Crippen molar-refractivity contribution in [2.75, 3.05) is 0 Å². The lowest BCUT2D eigenvalue weighted by atomic mass is 9.61. The zero-order valence-electron chi connectivity index (χ0n) is 24.8. The van der Waals surface area contributed by atoms with Crippen LogP contribution < -0.4 is 0 Å². The van der Waals surface area contributed by atoms with Gasteiger partial charge in [0, 0.05) is 14.6 Å². The number of aliphatic hydroxyl groups excluding tert-OH is 2. The van der Waals surface area contributed by atoms with Crippen molar-refractivity contribution in [3.8, 4) is 0 Å². The Hall–Kier alpha value is -1.16. The van der Waals surface area contributed by atoms with Crippen LogP contribution in [0.3, 0.4) is 0 Å². The maximum Gasteiger partial charge on any atom is 0.0811 e. The predicted molar refractivity (Wildman–Crippen MR) is 127 cm³/mol. The molecule has 4 aliphatic carbocycles. The average Bonchev–Trinajstić information content (AvgIpc) is 3.46. The first kappa shape index (κ1) is 16.5. The molecule has 3 heteroatoms. The molecule has 3 saturated carbocycles. The lowest BCUT2D eigenvalue weighted by molar-refractivity contribution is 0.0663. The van der Waals surface area contributed by atoms with E-state index in [9.17, 15) is 15.3 Å². The summed E-state index contributed by atoms with van der Waals surface area (Å²) in [7, 11) is 0. The van der Waals surface area contributed by atoms with Gasteiger partial charge in [-0.25, -0.2) is 0 Å². The zero-order chi connectivity index (χ0) is 27.4. The van der Waals surface area contributed by atoms with Gasteiger partial charge >= 0.3 is 0 Å². The summed E-state index contributed by atoms with van der Waals surface area (Å²) in [5.41, 5.74) is 1.70. The van der Waals surface area contributed by atoms with Crippen LogP contribution in [-0.4, -0.2) is 33.1 Å². The Labute approximate surface area is 197 Å². The summed E-state index contributed by atoms with van der Waals surface area (Å²) >= 11 is 0. The maximum absolute atomic E-state index is 10.7. The Morgan fingerprint density at radius 1 is 1.26 bits per heavy atom. The highest BCUT2D eigenvalue weighted by molar-refractivity contribution is 5.42. The van der Waals surface area contributed by atoms with Crippen LogP contribution in [0.4, 0.5) is 0 Å². The van der Waals surface area contributed by atoms with Crippen LogP contribution >= 0.6 is 0 Å². The Balaban J connectivity index is 1.48. The molecule has 0 spiro atoms. The summed E-state index contributed by atoms with van der Waals surface area (Å²) < 4.78 is 45.9. The van der Waals surface area contributed by atoms with Gasteiger partial charge in [0.15, 0.2) is 0 Å². The minimum atomic E-state index is -2.97. The molecule has 0 radical (unpaired) electrons. The summed E-state index contributed by atoms with van der Waals surface area (Å²) in [6, 6.07) is 0. The number of hydrogen-bond donors (Lipinski definition) is 3. The average molecular weight is 433 g/mol. The van der Waals surface area contributed by atoms with Gasteiger partial charge in [-0.2, -0.15) is 0 Å². The molecule has 2 unspecified atom stereocenters. The third-order valence-electron chi connectivity index (χ3n) is 8.43. The second-order valence-electron chi connectivity index (χ2n) is 10.7. The van der Waals surface area contributed by atoms with Gasteiger partial charge in [0.25, 0.3) is 0 Å². The van der Waals surface area contributed by atoms with E-state index in [1.165, 1.54) is 11.1 Å². The van der Waals surface area contributed by atoms with E-state index >= 15 is 0 Å². The molecule has 0 heterocycles. The number of allylic oxidation sites excluding steroid dienone is 5. The third-order valence-corrected chi connectivity index (χ3v) is 8.43. The van der Waals surface area contributed by atoms with Crippen LogP contribution in [-0.2, 0) is 0 Å². The molecule has 0 aromatic rings. The minimum absolute atomic E-state index is 0.00600. The van der Waals surface area contributed by atoms with E-state index < -0.39 is 31.5 Å². The van der Waals surface area contributed by atoms with E-state index in [0.717, 1.165) is 44.1 Å². The summed E-state index contributed by atoms with van der Waals surface area (Å²) in [4.78, 5) is 0. The van der Waals surface area contributed by atoms with E-state index in [1.807, 2.05) is 6.08 Å². The van der Waals surface area contributed by atoms with Gasteiger partial charge in [-0.1, -0.05) is 42.9 Å². The second kappa shape index (κ2) is 8.32. The molecule has 4 rings (SSSR count). The minimum Gasteiger partial charge on any atom is -0.393 e. The SMILES string of the molecule is [2H]C([2H])([2H])C(O)(CCCC1(C2=CCC3C(=CC=C4CC(O)C[C@H](O)C4=C)CCC[C@]23C)CC1)C([2H])([2H])[2H]. The van der Waals surface area contributed by atoms with Crippen molar-refractivity contribution in [2.24, 2.45) is 16.7 Å². The van der Waals surface area contributed by atoms with Crippen molar-refractivity contribution in [3.05, 3.63) is 47.1 Å². The molecule has 172 valence electrons. The summed E-state index contributed by atoms with van der Waals surface area (Å²) in [5.74, 6) is 0.374. The Bertz CT molecular complexity index is 986. The van der Waals surface area contributed by atoms with Crippen LogP contribution in [0.15, 0.2) is 47.1 Å². The quantitative estimate of drug-likeness (QED) is 0.467. The fraction of sp³-hybridized carbons (Fsp3) is 0.714. The molecule has 31 heavy (non-hydrogen) atoms. The summed E-state index contributed by atoms with van der Waals surface area (Å²) in [6.07, 6.45) is 13.1. The van der Waals surface area contributed by atoms with Crippen molar-refractivity contribution in [1.29, 1.82) is 0 Å². The van der Waals surface area contributed by atoms with Crippen molar-refractivity contribution in [2.45, 2.75) is 109 Å². The van der Waals surface area contributed by atoms with Gasteiger partial charge in [0.1, 0.15) is 0 Å². The third kappa shape index (κ3) is 4.65. The van der Waals surface area contributed by atoms with Gasteiger partial charge in [0.2, 0.25) is 0 Å². The van der Waals surface area contributed by atoms with Crippen molar-refractivity contribution in [1.82, 2.24) is 0 Å². The lowest BCUT2D eigenvalue weighted by Gasteiger charge is -2.43. The maximum atomic E-state index is 10.7.